The molecular formula is C16H17ClN2O2. The van der Waals surface area contributed by atoms with E-state index in [1.807, 2.05) is 13.0 Å². The molecule has 1 aromatic heterocycles. The number of rotatable bonds is 3. The van der Waals surface area contributed by atoms with E-state index in [0.29, 0.717) is 33.2 Å². The maximum atomic E-state index is 12.5. The van der Waals surface area contributed by atoms with Crippen LogP contribution in [0.1, 0.15) is 44.6 Å². The summed E-state index contributed by atoms with van der Waals surface area (Å²) in [4.78, 5) is 27.0. The van der Waals surface area contributed by atoms with Crippen molar-refractivity contribution in [2.45, 2.75) is 27.7 Å². The van der Waals surface area contributed by atoms with Gasteiger partial charge < -0.3 is 10.3 Å². The maximum absolute atomic E-state index is 12.5. The number of hydrogen-bond acceptors (Lipinski definition) is 2. The molecule has 4 nitrogen and oxygen atoms in total. The van der Waals surface area contributed by atoms with Gasteiger partial charge in [-0.05, 0) is 44.0 Å². The van der Waals surface area contributed by atoms with Crippen LogP contribution >= 0.6 is 11.6 Å². The number of H-pyrrole nitrogens is 1. The number of anilines is 1. The van der Waals surface area contributed by atoms with Gasteiger partial charge in [0.2, 0.25) is 0 Å². The summed E-state index contributed by atoms with van der Waals surface area (Å²) in [6, 6.07) is 5.32. The SMILES string of the molecule is CC(=O)c1[nH]c(C)c(C(=O)Nc2cc(Cl)ccc2C)c1C. The van der Waals surface area contributed by atoms with Crippen LogP contribution in [0.2, 0.25) is 5.02 Å². The van der Waals surface area contributed by atoms with Crippen LogP contribution in [0.3, 0.4) is 0 Å². The normalized spacial score (nSPS) is 10.5. The van der Waals surface area contributed by atoms with Gasteiger partial charge >= 0.3 is 0 Å². The predicted octanol–water partition coefficient (Wildman–Crippen LogP) is 4.05. The zero-order chi connectivity index (χ0) is 15.7. The summed E-state index contributed by atoms with van der Waals surface area (Å²) in [5.74, 6) is -0.340. The van der Waals surface area contributed by atoms with Crippen LogP contribution in [0, 0.1) is 20.8 Å². The molecule has 0 spiro atoms. The summed E-state index contributed by atoms with van der Waals surface area (Å²) in [5, 5.41) is 3.40. The number of amides is 1. The summed E-state index contributed by atoms with van der Waals surface area (Å²) < 4.78 is 0. The third-order valence-electron chi connectivity index (χ3n) is 3.46. The van der Waals surface area contributed by atoms with Crippen molar-refractivity contribution in [2.75, 3.05) is 5.32 Å². The van der Waals surface area contributed by atoms with Gasteiger partial charge in [0.1, 0.15) is 0 Å². The molecule has 1 heterocycles. The number of Topliss-reactive ketones (excluding diaryl/α,β-unsaturated/α-hetero) is 1. The number of aromatic amines is 1. The van der Waals surface area contributed by atoms with Gasteiger partial charge in [0.05, 0.1) is 11.3 Å². The predicted molar refractivity (Wildman–Crippen MR) is 84.4 cm³/mol. The second-order valence-electron chi connectivity index (χ2n) is 5.09. The average molecular weight is 305 g/mol. The molecule has 0 aliphatic heterocycles. The first-order valence-corrected chi connectivity index (χ1v) is 6.96. The highest BCUT2D eigenvalue weighted by Crippen LogP contribution is 2.23. The van der Waals surface area contributed by atoms with Gasteiger partial charge in [-0.25, -0.2) is 0 Å². The number of carbonyl (C=O) groups is 2. The van der Waals surface area contributed by atoms with E-state index in [4.69, 9.17) is 11.6 Å². The van der Waals surface area contributed by atoms with Gasteiger partial charge in [0.25, 0.3) is 5.91 Å². The Balaban J connectivity index is 2.37. The van der Waals surface area contributed by atoms with Crippen LogP contribution in [-0.2, 0) is 0 Å². The highest BCUT2D eigenvalue weighted by Gasteiger charge is 2.20. The summed E-state index contributed by atoms with van der Waals surface area (Å²) in [6.07, 6.45) is 0. The molecular weight excluding hydrogens is 288 g/mol. The minimum absolute atomic E-state index is 0.0893. The molecule has 1 aromatic carbocycles. The first kappa shape index (κ1) is 15.3. The van der Waals surface area contributed by atoms with Crippen molar-refractivity contribution in [2.24, 2.45) is 0 Å². The molecule has 110 valence electrons. The lowest BCUT2D eigenvalue weighted by Gasteiger charge is -2.09. The Morgan fingerprint density at radius 1 is 1.19 bits per heavy atom. The van der Waals surface area contributed by atoms with Crippen LogP contribution in [0.5, 0.6) is 0 Å². The van der Waals surface area contributed by atoms with Crippen molar-refractivity contribution in [3.05, 3.63) is 51.3 Å². The Morgan fingerprint density at radius 2 is 1.86 bits per heavy atom. The molecule has 0 atom stereocenters. The lowest BCUT2D eigenvalue weighted by molar-refractivity contribution is 0.101. The Hall–Kier alpha value is -2.07. The van der Waals surface area contributed by atoms with Gasteiger partial charge in [-0.2, -0.15) is 0 Å². The quantitative estimate of drug-likeness (QED) is 0.840. The molecule has 21 heavy (non-hydrogen) atoms. The molecule has 0 saturated heterocycles. The third kappa shape index (κ3) is 3.00. The van der Waals surface area contributed by atoms with E-state index in [9.17, 15) is 9.59 Å². The van der Waals surface area contributed by atoms with Crippen LogP contribution < -0.4 is 5.32 Å². The molecule has 2 aromatic rings. The second kappa shape index (κ2) is 5.74. The molecule has 2 rings (SSSR count). The van der Waals surface area contributed by atoms with Crippen molar-refractivity contribution in [3.63, 3.8) is 0 Å². The lowest BCUT2D eigenvalue weighted by atomic mass is 10.1. The number of nitrogens with one attached hydrogen (secondary N) is 2. The molecule has 2 N–H and O–H groups in total. The highest BCUT2D eigenvalue weighted by atomic mass is 35.5. The summed E-state index contributed by atoms with van der Waals surface area (Å²) in [7, 11) is 0. The van der Waals surface area contributed by atoms with Crippen molar-refractivity contribution >= 4 is 29.0 Å². The molecule has 0 saturated carbocycles. The standard InChI is InChI=1S/C16H17ClN2O2/c1-8-5-6-12(17)7-13(8)19-16(21)14-9(2)15(11(4)20)18-10(14)3/h5-7,18H,1-4H3,(H,19,21). The Bertz CT molecular complexity index is 732. The highest BCUT2D eigenvalue weighted by molar-refractivity contribution is 6.31. The van der Waals surface area contributed by atoms with Crippen molar-refractivity contribution < 1.29 is 9.59 Å². The van der Waals surface area contributed by atoms with E-state index in [-0.39, 0.29) is 11.7 Å². The molecule has 0 aliphatic rings. The van der Waals surface area contributed by atoms with Crippen LogP contribution in [0.4, 0.5) is 5.69 Å². The van der Waals surface area contributed by atoms with Crippen molar-refractivity contribution in [3.8, 4) is 0 Å². The maximum Gasteiger partial charge on any atom is 0.257 e. The molecule has 5 heteroatoms. The Labute approximate surface area is 128 Å². The molecule has 0 bridgehead atoms. The molecule has 0 fully saturated rings. The van der Waals surface area contributed by atoms with E-state index >= 15 is 0 Å². The third-order valence-corrected chi connectivity index (χ3v) is 3.70. The molecule has 1 amide bonds. The Kier molecular flexibility index (Phi) is 4.19. The van der Waals surface area contributed by atoms with E-state index < -0.39 is 0 Å². The second-order valence-corrected chi connectivity index (χ2v) is 5.53. The fourth-order valence-electron chi connectivity index (χ4n) is 2.36. The van der Waals surface area contributed by atoms with Crippen LogP contribution in [0.15, 0.2) is 18.2 Å². The van der Waals surface area contributed by atoms with Gasteiger partial charge in [-0.1, -0.05) is 17.7 Å². The van der Waals surface area contributed by atoms with Crippen LogP contribution in [-0.4, -0.2) is 16.7 Å². The minimum Gasteiger partial charge on any atom is -0.355 e. The van der Waals surface area contributed by atoms with Crippen molar-refractivity contribution in [1.82, 2.24) is 4.98 Å². The van der Waals surface area contributed by atoms with E-state index in [1.165, 1.54) is 6.92 Å². The first-order chi connectivity index (χ1) is 9.81. The number of aromatic nitrogens is 1. The van der Waals surface area contributed by atoms with Gasteiger partial charge in [0, 0.05) is 23.3 Å². The van der Waals surface area contributed by atoms with Gasteiger partial charge in [0.15, 0.2) is 5.78 Å². The van der Waals surface area contributed by atoms with Crippen LogP contribution in [0.25, 0.3) is 0 Å². The number of benzene rings is 1. The molecule has 0 radical (unpaired) electrons. The fourth-order valence-corrected chi connectivity index (χ4v) is 2.53. The van der Waals surface area contributed by atoms with Crippen molar-refractivity contribution in [1.29, 1.82) is 0 Å². The number of hydrogen-bond donors (Lipinski definition) is 2. The number of carbonyl (C=O) groups excluding carboxylic acids is 2. The van der Waals surface area contributed by atoms with E-state index in [0.717, 1.165) is 5.56 Å². The zero-order valence-electron chi connectivity index (χ0n) is 12.4. The topological polar surface area (TPSA) is 62.0 Å². The lowest BCUT2D eigenvalue weighted by Crippen LogP contribution is -2.14. The fraction of sp³-hybridized carbons (Fsp3) is 0.250. The van der Waals surface area contributed by atoms with E-state index in [1.54, 1.807) is 26.0 Å². The largest absolute Gasteiger partial charge is 0.355 e. The minimum atomic E-state index is -0.251. The summed E-state index contributed by atoms with van der Waals surface area (Å²) in [6.45, 7) is 6.91. The summed E-state index contributed by atoms with van der Waals surface area (Å²) >= 11 is 5.95. The van der Waals surface area contributed by atoms with E-state index in [2.05, 4.69) is 10.3 Å². The number of ketones is 1. The summed E-state index contributed by atoms with van der Waals surface area (Å²) in [5.41, 5.74) is 3.90. The number of halogens is 1. The van der Waals surface area contributed by atoms with Gasteiger partial charge in [-0.3, -0.25) is 9.59 Å². The smallest absolute Gasteiger partial charge is 0.257 e. The average Bonchev–Trinajstić information content (AvgIpc) is 2.69. The number of aryl methyl sites for hydroxylation is 2. The molecule has 0 unspecified atom stereocenters. The zero-order valence-corrected chi connectivity index (χ0v) is 13.2. The first-order valence-electron chi connectivity index (χ1n) is 6.59. The molecule has 0 aliphatic carbocycles. The van der Waals surface area contributed by atoms with Gasteiger partial charge in [-0.15, -0.1) is 0 Å². The monoisotopic (exact) mass is 304 g/mol. The Morgan fingerprint density at radius 3 is 2.43 bits per heavy atom.